The highest BCUT2D eigenvalue weighted by Crippen LogP contribution is 2.25. The largest absolute Gasteiger partial charge is 0.497 e. The predicted molar refractivity (Wildman–Crippen MR) is 96.9 cm³/mol. The quantitative estimate of drug-likeness (QED) is 0.689. The zero-order valence-corrected chi connectivity index (χ0v) is 14.5. The Morgan fingerprint density at radius 1 is 1.08 bits per heavy atom. The molecule has 3 rings (SSSR count). The molecule has 2 aromatic carbocycles. The van der Waals surface area contributed by atoms with Crippen molar-refractivity contribution in [2.75, 3.05) is 13.7 Å². The van der Waals surface area contributed by atoms with Crippen molar-refractivity contribution in [2.24, 2.45) is 0 Å². The summed E-state index contributed by atoms with van der Waals surface area (Å²) in [5.41, 5.74) is 0.906. The smallest absolute Gasteiger partial charge is 0.348 e. The molecule has 0 aliphatic heterocycles. The van der Waals surface area contributed by atoms with Gasteiger partial charge in [-0.25, -0.2) is 4.79 Å². The Bertz CT molecular complexity index is 870. The standard InChI is InChI=1S/C19H17NO4S/c1-23-15-7-4-5-13(9-15)11-20-18(21)12-24-19(22)17-10-14-6-2-3-8-16(14)25-17/h2-10H,11-12H2,1H3,(H,20,21). The van der Waals surface area contributed by atoms with Crippen molar-refractivity contribution < 1.29 is 19.1 Å². The Labute approximate surface area is 149 Å². The van der Waals surface area contributed by atoms with E-state index in [-0.39, 0.29) is 12.5 Å². The highest BCUT2D eigenvalue weighted by atomic mass is 32.1. The number of ether oxygens (including phenoxy) is 2. The Balaban J connectivity index is 1.50. The molecule has 1 aromatic heterocycles. The van der Waals surface area contributed by atoms with Crippen LogP contribution < -0.4 is 10.1 Å². The fourth-order valence-corrected chi connectivity index (χ4v) is 3.28. The maximum atomic E-state index is 12.1. The Kier molecular flexibility index (Phi) is 5.30. The number of benzene rings is 2. The van der Waals surface area contributed by atoms with Crippen LogP contribution in [0.4, 0.5) is 0 Å². The third-order valence-corrected chi connectivity index (χ3v) is 4.68. The number of hydrogen-bond donors (Lipinski definition) is 1. The molecule has 1 amide bonds. The zero-order valence-electron chi connectivity index (χ0n) is 13.7. The van der Waals surface area contributed by atoms with Crippen molar-refractivity contribution in [1.82, 2.24) is 5.32 Å². The second kappa shape index (κ2) is 7.81. The van der Waals surface area contributed by atoms with Crippen LogP contribution in [0, 0.1) is 0 Å². The van der Waals surface area contributed by atoms with Crippen LogP contribution in [-0.4, -0.2) is 25.6 Å². The van der Waals surface area contributed by atoms with Crippen LogP contribution in [-0.2, 0) is 16.1 Å². The molecule has 25 heavy (non-hydrogen) atoms. The van der Waals surface area contributed by atoms with Gasteiger partial charge < -0.3 is 14.8 Å². The van der Waals surface area contributed by atoms with Crippen molar-refractivity contribution in [2.45, 2.75) is 6.54 Å². The minimum absolute atomic E-state index is 0.308. The molecule has 0 fully saturated rings. The van der Waals surface area contributed by atoms with E-state index in [9.17, 15) is 9.59 Å². The first-order valence-corrected chi connectivity index (χ1v) is 8.52. The lowest BCUT2D eigenvalue weighted by Gasteiger charge is -2.07. The molecule has 0 aliphatic carbocycles. The topological polar surface area (TPSA) is 64.6 Å². The Morgan fingerprint density at radius 2 is 1.92 bits per heavy atom. The van der Waals surface area contributed by atoms with Crippen LogP contribution in [0.25, 0.3) is 10.1 Å². The monoisotopic (exact) mass is 355 g/mol. The lowest BCUT2D eigenvalue weighted by molar-refractivity contribution is -0.124. The summed E-state index contributed by atoms with van der Waals surface area (Å²) in [4.78, 5) is 24.4. The van der Waals surface area contributed by atoms with E-state index < -0.39 is 5.97 Å². The van der Waals surface area contributed by atoms with E-state index in [4.69, 9.17) is 9.47 Å². The van der Waals surface area contributed by atoms with Gasteiger partial charge in [-0.15, -0.1) is 11.3 Å². The molecule has 1 N–H and O–H groups in total. The van der Waals surface area contributed by atoms with Crippen LogP contribution in [0.5, 0.6) is 5.75 Å². The first kappa shape index (κ1) is 17.0. The molecule has 0 spiro atoms. The SMILES string of the molecule is COc1cccc(CNC(=O)COC(=O)c2cc3ccccc3s2)c1. The first-order chi connectivity index (χ1) is 12.2. The lowest BCUT2D eigenvalue weighted by Crippen LogP contribution is -2.28. The van der Waals surface area contributed by atoms with Gasteiger partial charge >= 0.3 is 5.97 Å². The third-order valence-electron chi connectivity index (χ3n) is 3.58. The third kappa shape index (κ3) is 4.36. The molecule has 1 heterocycles. The van der Waals surface area contributed by atoms with Crippen molar-refractivity contribution in [3.63, 3.8) is 0 Å². The summed E-state index contributed by atoms with van der Waals surface area (Å²) in [5.74, 6) is -0.113. The summed E-state index contributed by atoms with van der Waals surface area (Å²) < 4.78 is 11.2. The van der Waals surface area contributed by atoms with E-state index in [1.54, 1.807) is 13.2 Å². The van der Waals surface area contributed by atoms with Crippen LogP contribution in [0.15, 0.2) is 54.6 Å². The van der Waals surface area contributed by atoms with Gasteiger partial charge in [0.1, 0.15) is 10.6 Å². The average Bonchev–Trinajstić information content (AvgIpc) is 3.09. The highest BCUT2D eigenvalue weighted by Gasteiger charge is 2.13. The van der Waals surface area contributed by atoms with E-state index in [1.807, 2.05) is 48.5 Å². The molecule has 3 aromatic rings. The van der Waals surface area contributed by atoms with E-state index in [1.165, 1.54) is 11.3 Å². The summed E-state index contributed by atoms with van der Waals surface area (Å²) in [6.45, 7) is 0.0352. The van der Waals surface area contributed by atoms with Crippen molar-refractivity contribution in [3.8, 4) is 5.75 Å². The van der Waals surface area contributed by atoms with Crippen LogP contribution in [0.2, 0.25) is 0 Å². The van der Waals surface area contributed by atoms with Gasteiger partial charge in [0.25, 0.3) is 5.91 Å². The molecular formula is C19H17NO4S. The molecule has 0 bridgehead atoms. The highest BCUT2D eigenvalue weighted by molar-refractivity contribution is 7.20. The molecule has 5 nitrogen and oxygen atoms in total. The van der Waals surface area contributed by atoms with Crippen molar-refractivity contribution in [3.05, 3.63) is 65.0 Å². The molecular weight excluding hydrogens is 338 g/mol. The number of nitrogens with one attached hydrogen (secondary N) is 1. The molecule has 0 aliphatic rings. The van der Waals surface area contributed by atoms with E-state index in [0.29, 0.717) is 11.4 Å². The molecule has 0 atom stereocenters. The van der Waals surface area contributed by atoms with Gasteiger partial charge in [0, 0.05) is 11.2 Å². The van der Waals surface area contributed by atoms with Gasteiger partial charge in [-0.3, -0.25) is 4.79 Å². The number of fused-ring (bicyclic) bond motifs is 1. The van der Waals surface area contributed by atoms with E-state index in [2.05, 4.69) is 5.32 Å². The van der Waals surface area contributed by atoms with Crippen LogP contribution in [0.3, 0.4) is 0 Å². The molecule has 128 valence electrons. The molecule has 0 radical (unpaired) electrons. The van der Waals surface area contributed by atoms with E-state index in [0.717, 1.165) is 21.4 Å². The van der Waals surface area contributed by atoms with Gasteiger partial charge in [-0.1, -0.05) is 30.3 Å². The summed E-state index contributed by atoms with van der Waals surface area (Å²) in [5, 5.41) is 3.70. The van der Waals surface area contributed by atoms with Gasteiger partial charge in [-0.05, 0) is 35.2 Å². The minimum atomic E-state index is -0.488. The number of rotatable bonds is 6. The maximum Gasteiger partial charge on any atom is 0.348 e. The normalized spacial score (nSPS) is 10.4. The summed E-state index contributed by atoms with van der Waals surface area (Å²) in [6, 6.07) is 16.9. The minimum Gasteiger partial charge on any atom is -0.497 e. The predicted octanol–water partition coefficient (Wildman–Crippen LogP) is 3.38. The number of carbonyl (C=O) groups is 2. The molecule has 0 saturated carbocycles. The second-order valence-corrected chi connectivity index (χ2v) is 6.44. The summed E-state index contributed by atoms with van der Waals surface area (Å²) in [6.07, 6.45) is 0. The summed E-state index contributed by atoms with van der Waals surface area (Å²) >= 11 is 1.35. The lowest BCUT2D eigenvalue weighted by atomic mass is 10.2. The fraction of sp³-hybridized carbons (Fsp3) is 0.158. The molecule has 0 unspecified atom stereocenters. The number of carbonyl (C=O) groups excluding carboxylic acids is 2. The van der Waals surface area contributed by atoms with Gasteiger partial charge in [0.05, 0.1) is 7.11 Å². The zero-order chi connectivity index (χ0) is 17.6. The number of amides is 1. The average molecular weight is 355 g/mol. The Hall–Kier alpha value is -2.86. The van der Waals surface area contributed by atoms with Gasteiger partial charge in [0.15, 0.2) is 6.61 Å². The van der Waals surface area contributed by atoms with Crippen LogP contribution >= 0.6 is 11.3 Å². The fourth-order valence-electron chi connectivity index (χ4n) is 2.32. The van der Waals surface area contributed by atoms with Crippen molar-refractivity contribution >= 4 is 33.3 Å². The van der Waals surface area contributed by atoms with Gasteiger partial charge in [-0.2, -0.15) is 0 Å². The number of hydrogen-bond acceptors (Lipinski definition) is 5. The molecule has 6 heteroatoms. The summed E-state index contributed by atoms with van der Waals surface area (Å²) in [7, 11) is 1.59. The first-order valence-electron chi connectivity index (χ1n) is 7.71. The number of esters is 1. The Morgan fingerprint density at radius 3 is 2.72 bits per heavy atom. The number of methoxy groups -OCH3 is 1. The maximum absolute atomic E-state index is 12.1. The second-order valence-electron chi connectivity index (χ2n) is 5.35. The van der Waals surface area contributed by atoms with Crippen molar-refractivity contribution in [1.29, 1.82) is 0 Å². The molecule has 0 saturated heterocycles. The van der Waals surface area contributed by atoms with E-state index >= 15 is 0 Å². The number of thiophene rings is 1. The van der Waals surface area contributed by atoms with Crippen LogP contribution in [0.1, 0.15) is 15.2 Å². The van der Waals surface area contributed by atoms with Gasteiger partial charge in [0.2, 0.25) is 0 Å².